The smallest absolute Gasteiger partial charge is 0.115 e. The Morgan fingerprint density at radius 2 is 1.38 bits per heavy atom. The molecular weight excluding hydrogens is 458 g/mol. The summed E-state index contributed by atoms with van der Waals surface area (Å²) >= 11 is 0. The molecule has 5 heteroatoms. The Morgan fingerprint density at radius 3 is 2.05 bits per heavy atom. The van der Waals surface area contributed by atoms with Gasteiger partial charge in [0.25, 0.3) is 0 Å². The minimum Gasteiger partial charge on any atom is -0.508 e. The molecule has 0 bridgehead atoms. The summed E-state index contributed by atoms with van der Waals surface area (Å²) < 4.78 is 0. The second-order valence-electron chi connectivity index (χ2n) is 9.72. The fraction of sp³-hybridized carbons (Fsp3) is 0.156. The number of benzene rings is 4. The summed E-state index contributed by atoms with van der Waals surface area (Å²) in [6, 6.07) is 35.7. The predicted octanol–water partition coefficient (Wildman–Crippen LogP) is 6.23. The maximum Gasteiger partial charge on any atom is 0.115 e. The minimum atomic E-state index is -0.000193. The molecule has 2 atom stereocenters. The van der Waals surface area contributed by atoms with E-state index in [0.717, 1.165) is 42.2 Å². The molecular formula is C32H29N3O2. The molecule has 0 aliphatic carbocycles. The van der Waals surface area contributed by atoms with Crippen molar-refractivity contribution in [3.05, 3.63) is 131 Å². The lowest BCUT2D eigenvalue weighted by molar-refractivity contribution is 0.245. The van der Waals surface area contributed by atoms with E-state index in [1.54, 1.807) is 24.3 Å². The number of anilines is 1. The van der Waals surface area contributed by atoms with E-state index in [9.17, 15) is 10.2 Å². The average Bonchev–Trinajstić information content (AvgIpc) is 3.31. The zero-order valence-electron chi connectivity index (χ0n) is 20.5. The number of phenolic OH excluding ortho intramolecular Hbond substituents is 2. The van der Waals surface area contributed by atoms with Gasteiger partial charge in [0.2, 0.25) is 0 Å². The van der Waals surface area contributed by atoms with Gasteiger partial charge in [-0.05, 0) is 64.7 Å². The van der Waals surface area contributed by atoms with Crippen LogP contribution in [0.2, 0.25) is 0 Å². The number of para-hydroxylation sites is 1. The van der Waals surface area contributed by atoms with Crippen LogP contribution in [0.15, 0.2) is 120 Å². The van der Waals surface area contributed by atoms with Crippen LogP contribution >= 0.6 is 0 Å². The molecule has 2 N–H and O–H groups in total. The number of hydrogen-bond acceptors (Lipinski definition) is 5. The molecule has 5 nitrogen and oxygen atoms in total. The SMILES string of the molecule is Oc1ccc(/C=C2\CN(Cc3ccccc3)CC3C2=NN(c2ccccc2)C3c2ccc(O)cc2)cc1. The molecule has 6 rings (SSSR count). The lowest BCUT2D eigenvalue weighted by Crippen LogP contribution is -2.43. The van der Waals surface area contributed by atoms with Crippen LogP contribution in [0.25, 0.3) is 6.08 Å². The topological polar surface area (TPSA) is 59.3 Å². The Kier molecular flexibility index (Phi) is 6.21. The van der Waals surface area contributed by atoms with Gasteiger partial charge in [0.1, 0.15) is 11.5 Å². The fourth-order valence-electron chi connectivity index (χ4n) is 5.42. The summed E-state index contributed by atoms with van der Waals surface area (Å²) in [6.45, 7) is 2.51. The van der Waals surface area contributed by atoms with E-state index in [2.05, 4.69) is 58.4 Å². The highest BCUT2D eigenvalue weighted by atomic mass is 16.3. The first-order chi connectivity index (χ1) is 18.1. The molecule has 4 aromatic rings. The van der Waals surface area contributed by atoms with E-state index in [0.29, 0.717) is 0 Å². The molecule has 2 aliphatic rings. The van der Waals surface area contributed by atoms with Crippen molar-refractivity contribution in [2.75, 3.05) is 18.1 Å². The zero-order chi connectivity index (χ0) is 25.2. The predicted molar refractivity (Wildman–Crippen MR) is 148 cm³/mol. The number of hydrazone groups is 1. The Labute approximate surface area is 217 Å². The molecule has 2 heterocycles. The molecule has 184 valence electrons. The van der Waals surface area contributed by atoms with Crippen molar-refractivity contribution in [2.24, 2.45) is 11.0 Å². The molecule has 0 saturated carbocycles. The molecule has 0 radical (unpaired) electrons. The van der Waals surface area contributed by atoms with Gasteiger partial charge in [-0.2, -0.15) is 5.10 Å². The van der Waals surface area contributed by atoms with Crippen molar-refractivity contribution in [3.63, 3.8) is 0 Å². The Balaban J connectivity index is 1.44. The van der Waals surface area contributed by atoms with Gasteiger partial charge >= 0.3 is 0 Å². The summed E-state index contributed by atoms with van der Waals surface area (Å²) in [5, 5.41) is 27.1. The van der Waals surface area contributed by atoms with Crippen LogP contribution in [0, 0.1) is 5.92 Å². The van der Waals surface area contributed by atoms with Crippen LogP contribution < -0.4 is 5.01 Å². The number of nitrogens with zero attached hydrogens (tertiary/aromatic N) is 3. The fourth-order valence-corrected chi connectivity index (χ4v) is 5.42. The van der Waals surface area contributed by atoms with Gasteiger partial charge < -0.3 is 10.2 Å². The normalized spacial score (nSPS) is 20.6. The number of rotatable bonds is 5. The summed E-state index contributed by atoms with van der Waals surface area (Å²) in [5.74, 6) is 0.664. The van der Waals surface area contributed by atoms with Gasteiger partial charge in [-0.25, -0.2) is 0 Å². The van der Waals surface area contributed by atoms with Crippen LogP contribution in [0.1, 0.15) is 22.7 Å². The number of fused-ring (bicyclic) bond motifs is 1. The standard InChI is InChI=1S/C32H29N3O2/c36-28-15-11-23(12-16-28)19-26-21-34(20-24-7-3-1-4-8-24)22-30-31(26)33-35(27-9-5-2-6-10-27)32(30)25-13-17-29(37)18-14-25/h1-19,30,32,36-37H,20-22H2/b26-19+. The molecule has 0 amide bonds. The molecule has 1 saturated heterocycles. The third-order valence-corrected chi connectivity index (χ3v) is 7.13. The van der Waals surface area contributed by atoms with E-state index in [4.69, 9.17) is 5.10 Å². The maximum absolute atomic E-state index is 9.97. The minimum absolute atomic E-state index is 0.000193. The third-order valence-electron chi connectivity index (χ3n) is 7.13. The highest BCUT2D eigenvalue weighted by Gasteiger charge is 2.44. The first-order valence-electron chi connectivity index (χ1n) is 12.6. The van der Waals surface area contributed by atoms with E-state index >= 15 is 0 Å². The van der Waals surface area contributed by atoms with E-state index < -0.39 is 0 Å². The summed E-state index contributed by atoms with van der Waals surface area (Å²) in [7, 11) is 0. The van der Waals surface area contributed by atoms with Gasteiger partial charge in [-0.15, -0.1) is 0 Å². The molecule has 4 aromatic carbocycles. The van der Waals surface area contributed by atoms with Crippen molar-refractivity contribution < 1.29 is 10.2 Å². The second kappa shape index (κ2) is 9.96. The lowest BCUT2D eigenvalue weighted by atomic mass is 9.82. The van der Waals surface area contributed by atoms with E-state index in [-0.39, 0.29) is 23.5 Å². The van der Waals surface area contributed by atoms with Crippen molar-refractivity contribution in [2.45, 2.75) is 12.6 Å². The summed E-state index contributed by atoms with van der Waals surface area (Å²) in [5.41, 5.74) is 6.76. The quantitative estimate of drug-likeness (QED) is 0.350. The van der Waals surface area contributed by atoms with Gasteiger partial charge in [-0.3, -0.25) is 9.91 Å². The van der Waals surface area contributed by atoms with Crippen LogP contribution in [0.4, 0.5) is 5.69 Å². The first kappa shape index (κ1) is 23.1. The summed E-state index contributed by atoms with van der Waals surface area (Å²) in [4.78, 5) is 2.49. The number of likely N-dealkylation sites (tertiary alicyclic amines) is 1. The Bertz CT molecular complexity index is 1410. The molecule has 0 aromatic heterocycles. The van der Waals surface area contributed by atoms with E-state index in [1.807, 2.05) is 42.5 Å². The third kappa shape index (κ3) is 4.86. The highest BCUT2D eigenvalue weighted by Crippen LogP contribution is 2.43. The summed E-state index contributed by atoms with van der Waals surface area (Å²) in [6.07, 6.45) is 2.20. The number of piperidine rings is 1. The largest absolute Gasteiger partial charge is 0.508 e. The average molecular weight is 488 g/mol. The molecule has 2 aliphatic heterocycles. The molecule has 1 fully saturated rings. The number of phenols is 2. The molecule has 0 spiro atoms. The molecule has 2 unspecified atom stereocenters. The van der Waals surface area contributed by atoms with Gasteiger partial charge in [-0.1, -0.05) is 72.8 Å². The maximum atomic E-state index is 9.97. The number of aromatic hydroxyl groups is 2. The zero-order valence-corrected chi connectivity index (χ0v) is 20.5. The van der Waals surface area contributed by atoms with E-state index in [1.165, 1.54) is 11.1 Å². The van der Waals surface area contributed by atoms with Gasteiger partial charge in [0.05, 0.1) is 17.4 Å². The van der Waals surface area contributed by atoms with Crippen LogP contribution in [0.5, 0.6) is 11.5 Å². The lowest BCUT2D eigenvalue weighted by Gasteiger charge is -2.36. The van der Waals surface area contributed by atoms with Crippen molar-refractivity contribution in [1.29, 1.82) is 0 Å². The Hall–Kier alpha value is -4.35. The van der Waals surface area contributed by atoms with Crippen molar-refractivity contribution >= 4 is 17.5 Å². The molecule has 37 heavy (non-hydrogen) atoms. The van der Waals surface area contributed by atoms with Crippen molar-refractivity contribution in [1.82, 2.24) is 4.90 Å². The van der Waals surface area contributed by atoms with Crippen LogP contribution in [-0.4, -0.2) is 33.9 Å². The van der Waals surface area contributed by atoms with Crippen molar-refractivity contribution in [3.8, 4) is 11.5 Å². The highest BCUT2D eigenvalue weighted by molar-refractivity contribution is 6.09. The first-order valence-corrected chi connectivity index (χ1v) is 12.6. The van der Waals surface area contributed by atoms with Gasteiger partial charge in [0.15, 0.2) is 0 Å². The van der Waals surface area contributed by atoms with Crippen LogP contribution in [0.3, 0.4) is 0 Å². The number of hydrogen-bond donors (Lipinski definition) is 2. The second-order valence-corrected chi connectivity index (χ2v) is 9.72. The van der Waals surface area contributed by atoms with Gasteiger partial charge in [0, 0.05) is 25.6 Å². The monoisotopic (exact) mass is 487 g/mol. The Morgan fingerprint density at radius 1 is 0.757 bits per heavy atom. The van der Waals surface area contributed by atoms with Crippen LogP contribution in [-0.2, 0) is 6.54 Å².